The highest BCUT2D eigenvalue weighted by Crippen LogP contribution is 2.28. The fourth-order valence-electron chi connectivity index (χ4n) is 3.05. The molecule has 0 unspecified atom stereocenters. The number of nitrogens with one attached hydrogen (secondary N) is 1. The van der Waals surface area contributed by atoms with Gasteiger partial charge in [-0.05, 0) is 13.0 Å². The molecule has 1 aliphatic rings. The number of hydrogen-bond acceptors (Lipinski definition) is 5. The van der Waals surface area contributed by atoms with Gasteiger partial charge >= 0.3 is 0 Å². The maximum absolute atomic E-state index is 11.9. The SMILES string of the molecule is C=CCNC(=O)C[C@@H]1[C@H](O)[C@H](O)[C@@H](CO)N1CCCCCC. The topological polar surface area (TPSA) is 93.0 Å². The Bertz CT molecular complexity index is 351. The molecule has 1 heterocycles. The van der Waals surface area contributed by atoms with E-state index in [0.717, 1.165) is 25.7 Å². The molecule has 0 spiro atoms. The lowest BCUT2D eigenvalue weighted by Crippen LogP contribution is -2.44. The maximum Gasteiger partial charge on any atom is 0.221 e. The summed E-state index contributed by atoms with van der Waals surface area (Å²) in [5, 5.41) is 32.5. The van der Waals surface area contributed by atoms with Gasteiger partial charge in [0.2, 0.25) is 5.91 Å². The number of unbranched alkanes of at least 4 members (excludes halogenated alkanes) is 3. The molecule has 0 saturated carbocycles. The first-order chi connectivity index (χ1) is 10.6. The Hall–Kier alpha value is -0.950. The van der Waals surface area contributed by atoms with Gasteiger partial charge in [0, 0.05) is 19.0 Å². The van der Waals surface area contributed by atoms with Crippen LogP contribution in [0.25, 0.3) is 0 Å². The molecule has 4 N–H and O–H groups in total. The van der Waals surface area contributed by atoms with Gasteiger partial charge in [0.15, 0.2) is 0 Å². The number of carbonyl (C=O) groups is 1. The molecule has 1 fully saturated rings. The Morgan fingerprint density at radius 3 is 2.50 bits per heavy atom. The lowest BCUT2D eigenvalue weighted by molar-refractivity contribution is -0.122. The molecule has 0 aromatic carbocycles. The third-order valence-corrected chi connectivity index (χ3v) is 4.29. The second-order valence-electron chi connectivity index (χ2n) is 5.89. The van der Waals surface area contributed by atoms with Crippen LogP contribution in [0.15, 0.2) is 12.7 Å². The Morgan fingerprint density at radius 1 is 1.23 bits per heavy atom. The molecule has 6 heteroatoms. The molecule has 0 aromatic heterocycles. The molecule has 1 amide bonds. The van der Waals surface area contributed by atoms with E-state index in [1.54, 1.807) is 6.08 Å². The number of hydrogen-bond donors (Lipinski definition) is 4. The van der Waals surface area contributed by atoms with Crippen LogP contribution in [0.1, 0.15) is 39.0 Å². The molecule has 0 bridgehead atoms. The minimum Gasteiger partial charge on any atom is -0.395 e. The first kappa shape index (κ1) is 19.1. The molecule has 4 atom stereocenters. The van der Waals surface area contributed by atoms with Gasteiger partial charge in [0.05, 0.1) is 24.9 Å². The van der Waals surface area contributed by atoms with Crippen molar-refractivity contribution in [2.75, 3.05) is 19.7 Å². The number of rotatable bonds is 10. The van der Waals surface area contributed by atoms with Crippen LogP contribution >= 0.6 is 0 Å². The van der Waals surface area contributed by atoms with Crippen molar-refractivity contribution in [1.29, 1.82) is 0 Å². The van der Waals surface area contributed by atoms with Crippen LogP contribution in [0.2, 0.25) is 0 Å². The molecular formula is C16H30N2O4. The number of amides is 1. The first-order valence-corrected chi connectivity index (χ1v) is 8.17. The van der Waals surface area contributed by atoms with E-state index in [2.05, 4.69) is 18.8 Å². The van der Waals surface area contributed by atoms with Gasteiger partial charge in [-0.3, -0.25) is 9.69 Å². The normalized spacial score (nSPS) is 28.7. The lowest BCUT2D eigenvalue weighted by Gasteiger charge is -2.29. The largest absolute Gasteiger partial charge is 0.395 e. The highest BCUT2D eigenvalue weighted by Gasteiger charge is 2.47. The molecular weight excluding hydrogens is 284 g/mol. The van der Waals surface area contributed by atoms with Crippen LogP contribution in [-0.2, 0) is 4.79 Å². The molecule has 128 valence electrons. The van der Waals surface area contributed by atoms with Crippen LogP contribution in [0.5, 0.6) is 0 Å². The summed E-state index contributed by atoms with van der Waals surface area (Å²) in [5.74, 6) is -0.187. The standard InChI is InChI=1S/C16H30N2O4/c1-3-5-6-7-9-18-12(10-14(20)17-8-4-2)15(21)16(22)13(18)11-19/h4,12-13,15-16,19,21-22H,2-3,5-11H2,1H3,(H,17,20)/t12-,13-,15+,16-/m1/s1. The summed E-state index contributed by atoms with van der Waals surface area (Å²) < 4.78 is 0. The van der Waals surface area contributed by atoms with E-state index in [9.17, 15) is 20.1 Å². The zero-order chi connectivity index (χ0) is 16.5. The second kappa shape index (κ2) is 9.94. The quantitative estimate of drug-likeness (QED) is 0.337. The second-order valence-corrected chi connectivity index (χ2v) is 5.89. The third kappa shape index (κ3) is 5.05. The fraction of sp³-hybridized carbons (Fsp3) is 0.812. The van der Waals surface area contributed by atoms with Crippen LogP contribution < -0.4 is 5.32 Å². The van der Waals surface area contributed by atoms with Gasteiger partial charge < -0.3 is 20.6 Å². The Morgan fingerprint density at radius 2 is 1.91 bits per heavy atom. The zero-order valence-corrected chi connectivity index (χ0v) is 13.4. The minimum absolute atomic E-state index is 0.107. The molecule has 6 nitrogen and oxygen atoms in total. The summed E-state index contributed by atoms with van der Waals surface area (Å²) >= 11 is 0. The summed E-state index contributed by atoms with van der Waals surface area (Å²) in [7, 11) is 0. The van der Waals surface area contributed by atoms with Crippen molar-refractivity contribution in [2.45, 2.75) is 63.3 Å². The van der Waals surface area contributed by atoms with Gasteiger partial charge in [-0.25, -0.2) is 0 Å². The van der Waals surface area contributed by atoms with Crippen molar-refractivity contribution in [3.8, 4) is 0 Å². The Kier molecular flexibility index (Phi) is 8.63. The Labute approximate surface area is 132 Å². The van der Waals surface area contributed by atoms with Gasteiger partial charge in [0.25, 0.3) is 0 Å². The number of nitrogens with zero attached hydrogens (tertiary/aromatic N) is 1. The van der Waals surface area contributed by atoms with Gasteiger partial charge in [-0.1, -0.05) is 32.3 Å². The summed E-state index contributed by atoms with van der Waals surface area (Å²) in [4.78, 5) is 13.8. The Balaban J connectivity index is 2.66. The van der Waals surface area contributed by atoms with Crippen molar-refractivity contribution < 1.29 is 20.1 Å². The fourth-order valence-corrected chi connectivity index (χ4v) is 3.05. The molecule has 0 radical (unpaired) electrons. The molecule has 0 aromatic rings. The van der Waals surface area contributed by atoms with Crippen LogP contribution in [0, 0.1) is 0 Å². The van der Waals surface area contributed by atoms with Crippen molar-refractivity contribution in [1.82, 2.24) is 10.2 Å². The molecule has 22 heavy (non-hydrogen) atoms. The summed E-state index contributed by atoms with van der Waals surface area (Å²) in [6, 6.07) is -0.965. The summed E-state index contributed by atoms with van der Waals surface area (Å²) in [5.41, 5.74) is 0. The summed E-state index contributed by atoms with van der Waals surface area (Å²) in [6.07, 6.45) is 3.91. The van der Waals surface area contributed by atoms with Gasteiger partial charge in [-0.15, -0.1) is 6.58 Å². The van der Waals surface area contributed by atoms with E-state index in [1.165, 1.54) is 0 Å². The molecule has 1 rings (SSSR count). The van der Waals surface area contributed by atoms with Gasteiger partial charge in [-0.2, -0.15) is 0 Å². The predicted octanol–water partition coefficient (Wildman–Crippen LogP) is 0.0259. The molecule has 1 saturated heterocycles. The average molecular weight is 314 g/mol. The van der Waals surface area contributed by atoms with Crippen LogP contribution in [0.3, 0.4) is 0 Å². The number of aliphatic hydroxyl groups excluding tert-OH is 3. The van der Waals surface area contributed by atoms with Crippen molar-refractivity contribution in [2.24, 2.45) is 0 Å². The minimum atomic E-state index is -1.02. The highest BCUT2D eigenvalue weighted by atomic mass is 16.3. The maximum atomic E-state index is 11.9. The third-order valence-electron chi connectivity index (χ3n) is 4.29. The monoisotopic (exact) mass is 314 g/mol. The average Bonchev–Trinajstić information content (AvgIpc) is 2.73. The molecule has 1 aliphatic heterocycles. The van der Waals surface area contributed by atoms with E-state index in [0.29, 0.717) is 13.1 Å². The van der Waals surface area contributed by atoms with Crippen LogP contribution in [-0.4, -0.2) is 70.1 Å². The van der Waals surface area contributed by atoms with E-state index in [-0.39, 0.29) is 18.9 Å². The van der Waals surface area contributed by atoms with Crippen molar-refractivity contribution in [3.05, 3.63) is 12.7 Å². The number of aliphatic hydroxyl groups is 3. The highest BCUT2D eigenvalue weighted by molar-refractivity contribution is 5.76. The van der Waals surface area contributed by atoms with E-state index < -0.39 is 24.3 Å². The lowest BCUT2D eigenvalue weighted by atomic mass is 10.1. The van der Waals surface area contributed by atoms with E-state index >= 15 is 0 Å². The van der Waals surface area contributed by atoms with Gasteiger partial charge in [0.1, 0.15) is 0 Å². The number of carbonyl (C=O) groups excluding carboxylic acids is 1. The number of likely N-dealkylation sites (tertiary alicyclic amines) is 1. The van der Waals surface area contributed by atoms with E-state index in [1.807, 2.05) is 4.90 Å². The smallest absolute Gasteiger partial charge is 0.221 e. The molecule has 0 aliphatic carbocycles. The zero-order valence-electron chi connectivity index (χ0n) is 13.4. The van der Waals surface area contributed by atoms with Crippen LogP contribution in [0.4, 0.5) is 0 Å². The van der Waals surface area contributed by atoms with E-state index in [4.69, 9.17) is 0 Å². The van der Waals surface area contributed by atoms with Crippen molar-refractivity contribution >= 4 is 5.91 Å². The predicted molar refractivity (Wildman–Crippen MR) is 85.3 cm³/mol. The van der Waals surface area contributed by atoms with Crippen molar-refractivity contribution in [3.63, 3.8) is 0 Å². The first-order valence-electron chi connectivity index (χ1n) is 8.17. The summed E-state index contributed by atoms with van der Waals surface area (Å²) in [6.45, 7) is 6.49.